The zero-order valence-electron chi connectivity index (χ0n) is 14.5. The lowest BCUT2D eigenvalue weighted by atomic mass is 10.1. The minimum Gasteiger partial charge on any atom is -0.456 e. The van der Waals surface area contributed by atoms with E-state index in [4.69, 9.17) is 4.74 Å². The zero-order chi connectivity index (χ0) is 20.3. The van der Waals surface area contributed by atoms with Gasteiger partial charge in [0.1, 0.15) is 17.3 Å². The van der Waals surface area contributed by atoms with Crippen LogP contribution in [0.5, 0.6) is 11.5 Å². The SMILES string of the molecule is Cc1cc(F)ccc1Oc1cc(C(F)(F)F)ccc1C(=O)Nc1cccnc1. The van der Waals surface area contributed by atoms with E-state index in [0.717, 1.165) is 24.3 Å². The van der Waals surface area contributed by atoms with Crippen molar-refractivity contribution >= 4 is 11.6 Å². The van der Waals surface area contributed by atoms with Gasteiger partial charge in [-0.2, -0.15) is 13.2 Å². The van der Waals surface area contributed by atoms with E-state index in [9.17, 15) is 22.4 Å². The van der Waals surface area contributed by atoms with Gasteiger partial charge in [-0.05, 0) is 61.0 Å². The van der Waals surface area contributed by atoms with Gasteiger partial charge >= 0.3 is 6.18 Å². The van der Waals surface area contributed by atoms with E-state index in [0.29, 0.717) is 11.3 Å². The van der Waals surface area contributed by atoms with Gasteiger partial charge in [-0.3, -0.25) is 9.78 Å². The molecule has 0 aliphatic rings. The number of halogens is 4. The first-order valence-corrected chi connectivity index (χ1v) is 8.10. The number of anilines is 1. The van der Waals surface area contributed by atoms with Crippen LogP contribution >= 0.6 is 0 Å². The molecule has 8 heteroatoms. The minimum absolute atomic E-state index is 0.111. The number of rotatable bonds is 4. The van der Waals surface area contributed by atoms with Crippen molar-refractivity contribution in [2.45, 2.75) is 13.1 Å². The third-order valence-electron chi connectivity index (χ3n) is 3.83. The quantitative estimate of drug-likeness (QED) is 0.591. The van der Waals surface area contributed by atoms with Gasteiger partial charge in [0, 0.05) is 6.20 Å². The Morgan fingerprint density at radius 2 is 1.86 bits per heavy atom. The van der Waals surface area contributed by atoms with E-state index in [2.05, 4.69) is 10.3 Å². The normalized spacial score (nSPS) is 11.2. The molecule has 2 aromatic carbocycles. The number of carbonyl (C=O) groups is 1. The molecule has 0 aliphatic heterocycles. The van der Waals surface area contributed by atoms with Gasteiger partial charge < -0.3 is 10.1 Å². The largest absolute Gasteiger partial charge is 0.456 e. The summed E-state index contributed by atoms with van der Waals surface area (Å²) in [4.78, 5) is 16.4. The molecule has 1 amide bonds. The Kier molecular flexibility index (Phi) is 5.30. The van der Waals surface area contributed by atoms with Gasteiger partial charge in [0.25, 0.3) is 5.91 Å². The van der Waals surface area contributed by atoms with Crippen LogP contribution in [0.3, 0.4) is 0 Å². The molecule has 144 valence electrons. The Bertz CT molecular complexity index is 1000. The molecular weight excluding hydrogens is 376 g/mol. The number of nitrogens with one attached hydrogen (secondary N) is 1. The fourth-order valence-electron chi connectivity index (χ4n) is 2.45. The highest BCUT2D eigenvalue weighted by Crippen LogP contribution is 2.36. The average molecular weight is 390 g/mol. The Labute approximate surface area is 157 Å². The smallest absolute Gasteiger partial charge is 0.416 e. The van der Waals surface area contributed by atoms with Crippen molar-refractivity contribution in [3.05, 3.63) is 83.4 Å². The first-order valence-electron chi connectivity index (χ1n) is 8.10. The summed E-state index contributed by atoms with van der Waals surface area (Å²) in [6.07, 6.45) is -1.71. The molecule has 1 heterocycles. The number of hydrogen-bond donors (Lipinski definition) is 1. The number of aromatic nitrogens is 1. The number of pyridine rings is 1. The maximum absolute atomic E-state index is 13.3. The molecule has 0 fully saturated rings. The van der Waals surface area contributed by atoms with E-state index in [1.54, 1.807) is 19.1 Å². The predicted molar refractivity (Wildman–Crippen MR) is 94.8 cm³/mol. The lowest BCUT2D eigenvalue weighted by molar-refractivity contribution is -0.137. The molecule has 0 unspecified atom stereocenters. The maximum Gasteiger partial charge on any atom is 0.416 e. The summed E-state index contributed by atoms with van der Waals surface area (Å²) in [5, 5.41) is 2.54. The van der Waals surface area contributed by atoms with Crippen LogP contribution in [0.2, 0.25) is 0 Å². The summed E-state index contributed by atoms with van der Waals surface area (Å²) < 4.78 is 58.1. The molecular formula is C20H14F4N2O2. The molecule has 4 nitrogen and oxygen atoms in total. The van der Waals surface area contributed by atoms with E-state index in [1.165, 1.54) is 24.5 Å². The highest BCUT2D eigenvalue weighted by Gasteiger charge is 2.32. The zero-order valence-corrected chi connectivity index (χ0v) is 14.5. The standard InChI is InChI=1S/C20H14F4N2O2/c1-12-9-14(21)5-7-17(12)28-18-10-13(20(22,23)24)4-6-16(18)19(27)26-15-3-2-8-25-11-15/h2-11H,1H3,(H,26,27). The van der Waals surface area contributed by atoms with Gasteiger partial charge in [-0.15, -0.1) is 0 Å². The Hall–Kier alpha value is -3.42. The monoisotopic (exact) mass is 390 g/mol. The Morgan fingerprint density at radius 3 is 2.50 bits per heavy atom. The van der Waals surface area contributed by atoms with Gasteiger partial charge in [-0.1, -0.05) is 0 Å². The predicted octanol–water partition coefficient (Wildman–Crippen LogP) is 5.59. The van der Waals surface area contributed by atoms with Gasteiger partial charge in [0.05, 0.1) is 23.0 Å². The van der Waals surface area contributed by atoms with Crippen LogP contribution in [0, 0.1) is 12.7 Å². The second-order valence-electron chi connectivity index (χ2n) is 5.92. The van der Waals surface area contributed by atoms with Crippen LogP contribution < -0.4 is 10.1 Å². The lowest BCUT2D eigenvalue weighted by Gasteiger charge is -2.15. The molecule has 1 aromatic heterocycles. The number of ether oxygens (including phenoxy) is 1. The highest BCUT2D eigenvalue weighted by molar-refractivity contribution is 6.06. The van der Waals surface area contributed by atoms with E-state index >= 15 is 0 Å². The number of carbonyl (C=O) groups excluding carboxylic acids is 1. The third-order valence-corrected chi connectivity index (χ3v) is 3.83. The topological polar surface area (TPSA) is 51.2 Å². The lowest BCUT2D eigenvalue weighted by Crippen LogP contribution is -2.14. The van der Waals surface area contributed by atoms with Gasteiger partial charge in [0.15, 0.2) is 0 Å². The molecule has 0 aliphatic carbocycles. The van der Waals surface area contributed by atoms with Crippen molar-refractivity contribution in [1.82, 2.24) is 4.98 Å². The number of aryl methyl sites for hydroxylation is 1. The molecule has 28 heavy (non-hydrogen) atoms. The number of benzene rings is 2. The van der Waals surface area contributed by atoms with Crippen molar-refractivity contribution in [1.29, 1.82) is 0 Å². The number of alkyl halides is 3. The van der Waals surface area contributed by atoms with Crippen LogP contribution in [0.15, 0.2) is 60.9 Å². The number of hydrogen-bond acceptors (Lipinski definition) is 3. The van der Waals surface area contributed by atoms with Crippen molar-refractivity contribution in [3.8, 4) is 11.5 Å². The molecule has 3 rings (SSSR count). The second kappa shape index (κ2) is 7.67. The number of amides is 1. The minimum atomic E-state index is -4.62. The average Bonchev–Trinajstić information content (AvgIpc) is 2.64. The van der Waals surface area contributed by atoms with Crippen molar-refractivity contribution in [3.63, 3.8) is 0 Å². The summed E-state index contributed by atoms with van der Waals surface area (Å²) in [5.41, 5.74) is -0.340. The molecule has 0 atom stereocenters. The van der Waals surface area contributed by atoms with Crippen molar-refractivity contribution < 1.29 is 27.1 Å². The molecule has 0 bridgehead atoms. The molecule has 0 saturated carbocycles. The number of nitrogens with zero attached hydrogens (tertiary/aromatic N) is 1. The molecule has 1 N–H and O–H groups in total. The maximum atomic E-state index is 13.3. The summed E-state index contributed by atoms with van der Waals surface area (Å²) >= 11 is 0. The fraction of sp³-hybridized carbons (Fsp3) is 0.100. The van der Waals surface area contributed by atoms with E-state index < -0.39 is 23.5 Å². The first kappa shape index (κ1) is 19.3. The van der Waals surface area contributed by atoms with Crippen molar-refractivity contribution in [2.75, 3.05) is 5.32 Å². The van der Waals surface area contributed by atoms with Crippen molar-refractivity contribution in [2.24, 2.45) is 0 Å². The Morgan fingerprint density at radius 1 is 1.07 bits per heavy atom. The van der Waals surface area contributed by atoms with Crippen LogP contribution in [-0.2, 0) is 6.18 Å². The molecule has 0 saturated heterocycles. The fourth-order valence-corrected chi connectivity index (χ4v) is 2.45. The molecule has 0 radical (unpaired) electrons. The van der Waals surface area contributed by atoms with E-state index in [-0.39, 0.29) is 17.1 Å². The highest BCUT2D eigenvalue weighted by atomic mass is 19.4. The summed E-state index contributed by atoms with van der Waals surface area (Å²) in [7, 11) is 0. The summed E-state index contributed by atoms with van der Waals surface area (Å²) in [5.74, 6) is -1.35. The summed E-state index contributed by atoms with van der Waals surface area (Å²) in [6.45, 7) is 1.54. The first-order chi connectivity index (χ1) is 13.2. The van der Waals surface area contributed by atoms with E-state index in [1.807, 2.05) is 0 Å². The third kappa shape index (κ3) is 4.46. The summed E-state index contributed by atoms with van der Waals surface area (Å²) in [6, 6.07) is 9.32. The van der Waals surface area contributed by atoms with Gasteiger partial charge in [-0.25, -0.2) is 4.39 Å². The Balaban J connectivity index is 2.00. The van der Waals surface area contributed by atoms with Crippen LogP contribution in [-0.4, -0.2) is 10.9 Å². The molecule has 0 spiro atoms. The second-order valence-corrected chi connectivity index (χ2v) is 5.92. The van der Waals surface area contributed by atoms with Crippen LogP contribution in [0.4, 0.5) is 23.2 Å². The van der Waals surface area contributed by atoms with Crippen LogP contribution in [0.25, 0.3) is 0 Å². The molecule has 3 aromatic rings. The van der Waals surface area contributed by atoms with Gasteiger partial charge in [0.2, 0.25) is 0 Å². The van der Waals surface area contributed by atoms with Crippen LogP contribution in [0.1, 0.15) is 21.5 Å².